The summed E-state index contributed by atoms with van der Waals surface area (Å²) in [6.45, 7) is 0.678. The Morgan fingerprint density at radius 1 is 1.40 bits per heavy atom. The first-order valence-corrected chi connectivity index (χ1v) is 6.34. The predicted octanol–water partition coefficient (Wildman–Crippen LogP) is 2.00. The molecular weight excluding hydrogens is 256 g/mol. The van der Waals surface area contributed by atoms with Crippen LogP contribution in [0, 0.1) is 0 Å². The summed E-state index contributed by atoms with van der Waals surface area (Å²) in [7, 11) is 1.66. The van der Waals surface area contributed by atoms with E-state index in [0.29, 0.717) is 6.61 Å². The van der Waals surface area contributed by atoms with Gasteiger partial charge in [0.1, 0.15) is 11.5 Å². The van der Waals surface area contributed by atoms with Gasteiger partial charge in [0.25, 0.3) is 5.91 Å². The molecule has 2 heterocycles. The van der Waals surface area contributed by atoms with Crippen LogP contribution >= 0.6 is 0 Å². The van der Waals surface area contributed by atoms with Crippen LogP contribution in [0.5, 0.6) is 11.5 Å². The maximum atomic E-state index is 12.3. The number of aromatic nitrogens is 1. The second-order valence-electron chi connectivity index (χ2n) is 4.63. The SMILES string of the molecule is CN(C(=O)c1ncccc1O)c1ccc2c(c1)CCO2. The third-order valence-electron chi connectivity index (χ3n) is 3.35. The predicted molar refractivity (Wildman–Crippen MR) is 74.3 cm³/mol. The highest BCUT2D eigenvalue weighted by Crippen LogP contribution is 2.30. The average molecular weight is 270 g/mol. The number of hydrogen-bond donors (Lipinski definition) is 1. The van der Waals surface area contributed by atoms with Crippen molar-refractivity contribution in [1.29, 1.82) is 0 Å². The van der Waals surface area contributed by atoms with E-state index in [1.165, 1.54) is 17.2 Å². The molecule has 1 N–H and O–H groups in total. The highest BCUT2D eigenvalue weighted by atomic mass is 16.5. The topological polar surface area (TPSA) is 62.7 Å². The van der Waals surface area contributed by atoms with Crippen LogP contribution in [0.25, 0.3) is 0 Å². The summed E-state index contributed by atoms with van der Waals surface area (Å²) in [5, 5.41) is 9.70. The lowest BCUT2D eigenvalue weighted by Gasteiger charge is -2.18. The van der Waals surface area contributed by atoms with Gasteiger partial charge >= 0.3 is 0 Å². The summed E-state index contributed by atoms with van der Waals surface area (Å²) in [6, 6.07) is 8.64. The zero-order valence-electron chi connectivity index (χ0n) is 11.0. The average Bonchev–Trinajstić information content (AvgIpc) is 2.93. The second kappa shape index (κ2) is 4.85. The number of pyridine rings is 1. The van der Waals surface area contributed by atoms with Gasteiger partial charge in [-0.15, -0.1) is 0 Å². The number of rotatable bonds is 2. The van der Waals surface area contributed by atoms with Crippen LogP contribution in [0.3, 0.4) is 0 Å². The first-order chi connectivity index (χ1) is 9.66. The minimum absolute atomic E-state index is 0.0479. The molecule has 0 saturated carbocycles. The Morgan fingerprint density at radius 3 is 3.05 bits per heavy atom. The van der Waals surface area contributed by atoms with Crippen molar-refractivity contribution in [3.05, 3.63) is 47.8 Å². The third-order valence-corrected chi connectivity index (χ3v) is 3.35. The summed E-state index contributed by atoms with van der Waals surface area (Å²) in [5.41, 5.74) is 1.89. The monoisotopic (exact) mass is 270 g/mol. The number of nitrogens with zero attached hydrogens (tertiary/aromatic N) is 2. The van der Waals surface area contributed by atoms with Crippen LogP contribution in [0.1, 0.15) is 16.1 Å². The zero-order chi connectivity index (χ0) is 14.1. The Bertz CT molecular complexity index is 670. The van der Waals surface area contributed by atoms with Crippen molar-refractivity contribution >= 4 is 11.6 Å². The number of anilines is 1. The molecule has 1 aliphatic heterocycles. The van der Waals surface area contributed by atoms with Crippen molar-refractivity contribution in [2.24, 2.45) is 0 Å². The summed E-state index contributed by atoms with van der Waals surface area (Å²) in [4.78, 5) is 17.7. The fourth-order valence-corrected chi connectivity index (χ4v) is 2.22. The molecule has 0 spiro atoms. The van der Waals surface area contributed by atoms with E-state index in [4.69, 9.17) is 4.74 Å². The molecule has 0 fully saturated rings. The number of amides is 1. The van der Waals surface area contributed by atoms with Gasteiger partial charge in [-0.3, -0.25) is 4.79 Å². The van der Waals surface area contributed by atoms with Crippen molar-refractivity contribution < 1.29 is 14.6 Å². The van der Waals surface area contributed by atoms with Gasteiger partial charge < -0.3 is 14.7 Å². The maximum absolute atomic E-state index is 12.3. The molecule has 0 unspecified atom stereocenters. The number of carbonyl (C=O) groups is 1. The number of fused-ring (bicyclic) bond motifs is 1. The molecule has 0 bridgehead atoms. The Morgan fingerprint density at radius 2 is 2.25 bits per heavy atom. The molecule has 0 aliphatic carbocycles. The lowest BCUT2D eigenvalue weighted by atomic mass is 10.1. The fourth-order valence-electron chi connectivity index (χ4n) is 2.22. The molecule has 5 nitrogen and oxygen atoms in total. The van der Waals surface area contributed by atoms with E-state index in [1.54, 1.807) is 13.1 Å². The number of hydrogen-bond acceptors (Lipinski definition) is 4. The first-order valence-electron chi connectivity index (χ1n) is 6.34. The largest absolute Gasteiger partial charge is 0.505 e. The Hall–Kier alpha value is -2.56. The molecule has 0 radical (unpaired) electrons. The van der Waals surface area contributed by atoms with Crippen molar-refractivity contribution in [3.8, 4) is 11.5 Å². The van der Waals surface area contributed by atoms with Crippen LogP contribution < -0.4 is 9.64 Å². The summed E-state index contributed by atoms with van der Waals surface area (Å²) in [5.74, 6) is 0.408. The van der Waals surface area contributed by atoms with Gasteiger partial charge in [-0.1, -0.05) is 0 Å². The van der Waals surface area contributed by atoms with E-state index in [2.05, 4.69) is 4.98 Å². The molecule has 1 amide bonds. The molecule has 1 aliphatic rings. The molecule has 2 aromatic rings. The standard InChI is InChI=1S/C15H14N2O3/c1-17(15(19)14-12(18)3-2-7-16-14)11-4-5-13-10(9-11)6-8-20-13/h2-5,7,9,18H,6,8H2,1H3. The third kappa shape index (κ3) is 2.07. The van der Waals surface area contributed by atoms with Crippen molar-refractivity contribution in [2.45, 2.75) is 6.42 Å². The van der Waals surface area contributed by atoms with E-state index in [1.807, 2.05) is 18.2 Å². The van der Waals surface area contributed by atoms with Gasteiger partial charge in [-0.2, -0.15) is 0 Å². The smallest absolute Gasteiger partial charge is 0.280 e. The van der Waals surface area contributed by atoms with Gasteiger partial charge in [-0.25, -0.2) is 4.98 Å². The van der Waals surface area contributed by atoms with Crippen LogP contribution in [0.2, 0.25) is 0 Å². The minimum atomic E-state index is -0.345. The molecular formula is C15H14N2O3. The number of carbonyl (C=O) groups excluding carboxylic acids is 1. The van der Waals surface area contributed by atoms with Crippen molar-refractivity contribution in [1.82, 2.24) is 4.98 Å². The van der Waals surface area contributed by atoms with E-state index in [0.717, 1.165) is 23.4 Å². The van der Waals surface area contributed by atoms with Gasteiger partial charge in [-0.05, 0) is 35.9 Å². The van der Waals surface area contributed by atoms with E-state index < -0.39 is 0 Å². The van der Waals surface area contributed by atoms with E-state index >= 15 is 0 Å². The summed E-state index contributed by atoms with van der Waals surface area (Å²) in [6.07, 6.45) is 2.33. The van der Waals surface area contributed by atoms with Crippen LogP contribution in [-0.4, -0.2) is 29.7 Å². The molecule has 0 saturated heterocycles. The highest BCUT2D eigenvalue weighted by molar-refractivity contribution is 6.06. The fraction of sp³-hybridized carbons (Fsp3) is 0.200. The van der Waals surface area contributed by atoms with Gasteiger partial charge in [0.15, 0.2) is 5.69 Å². The van der Waals surface area contributed by atoms with Crippen molar-refractivity contribution in [3.63, 3.8) is 0 Å². The van der Waals surface area contributed by atoms with Crippen LogP contribution in [0.4, 0.5) is 5.69 Å². The molecule has 102 valence electrons. The number of aromatic hydroxyl groups is 1. The molecule has 3 rings (SSSR count). The molecule has 0 atom stereocenters. The van der Waals surface area contributed by atoms with Crippen LogP contribution in [-0.2, 0) is 6.42 Å². The molecule has 1 aromatic heterocycles. The second-order valence-corrected chi connectivity index (χ2v) is 4.63. The Labute approximate surface area is 116 Å². The number of benzene rings is 1. The highest BCUT2D eigenvalue weighted by Gasteiger charge is 2.20. The molecule has 20 heavy (non-hydrogen) atoms. The van der Waals surface area contributed by atoms with Crippen molar-refractivity contribution in [2.75, 3.05) is 18.6 Å². The van der Waals surface area contributed by atoms with Gasteiger partial charge in [0.05, 0.1) is 6.61 Å². The Balaban J connectivity index is 1.91. The maximum Gasteiger partial charge on any atom is 0.280 e. The minimum Gasteiger partial charge on any atom is -0.505 e. The molecule has 1 aromatic carbocycles. The lowest BCUT2D eigenvalue weighted by Crippen LogP contribution is -2.27. The summed E-state index contributed by atoms with van der Waals surface area (Å²) >= 11 is 0. The van der Waals surface area contributed by atoms with Crippen LogP contribution in [0.15, 0.2) is 36.5 Å². The lowest BCUT2D eigenvalue weighted by molar-refractivity contribution is 0.0985. The zero-order valence-corrected chi connectivity index (χ0v) is 11.0. The normalized spacial score (nSPS) is 12.7. The Kier molecular flexibility index (Phi) is 3.02. The van der Waals surface area contributed by atoms with Gasteiger partial charge in [0, 0.05) is 25.4 Å². The first kappa shape index (κ1) is 12.5. The quantitative estimate of drug-likeness (QED) is 0.906. The molecule has 5 heteroatoms. The van der Waals surface area contributed by atoms with E-state index in [-0.39, 0.29) is 17.4 Å². The summed E-state index contributed by atoms with van der Waals surface area (Å²) < 4.78 is 5.44. The van der Waals surface area contributed by atoms with Gasteiger partial charge in [0.2, 0.25) is 0 Å². The van der Waals surface area contributed by atoms with E-state index in [9.17, 15) is 9.90 Å². The number of ether oxygens (including phenoxy) is 1.